The highest BCUT2D eigenvalue weighted by Gasteiger charge is 2.13. The van der Waals surface area contributed by atoms with Crippen LogP contribution in [0.2, 0.25) is 30.1 Å². The number of hydrogen-bond donors (Lipinski definition) is 0. The Balaban J connectivity index is 2.06. The van der Waals surface area contributed by atoms with Gasteiger partial charge >= 0.3 is 11.9 Å². The first-order valence-corrected chi connectivity index (χ1v) is 8.85. The minimum atomic E-state index is -0.905. The zero-order valence-corrected chi connectivity index (χ0v) is 16.9. The number of ether oxygens (including phenoxy) is 2. The molecule has 0 amide bonds. The largest absolute Gasteiger partial charge is 0.422 e. The molecule has 26 heavy (non-hydrogen) atoms. The molecule has 0 radical (unpaired) electrons. The van der Waals surface area contributed by atoms with Gasteiger partial charge in [0.1, 0.15) is 10.0 Å². The fourth-order valence-corrected chi connectivity index (χ4v) is 2.88. The molecule has 10 heteroatoms. The fraction of sp³-hybridized carbons (Fsp3) is 0. The second-order valence-electron chi connectivity index (χ2n) is 4.57. The van der Waals surface area contributed by atoms with Gasteiger partial charge in [-0.3, -0.25) is 0 Å². The molecule has 0 spiro atoms. The van der Waals surface area contributed by atoms with Crippen molar-refractivity contribution in [3.63, 3.8) is 0 Å². The molecule has 0 saturated carbocycles. The SMILES string of the molecule is O=C(/C=C/C(=O)Oc1cc(Cl)cc(Cl)c1Cl)Oc1cc(Cl)cc(Cl)c1Cl. The third kappa shape index (κ3) is 5.68. The molecule has 0 N–H and O–H groups in total. The van der Waals surface area contributed by atoms with Crippen LogP contribution in [0.3, 0.4) is 0 Å². The summed E-state index contributed by atoms with van der Waals surface area (Å²) in [5, 5.41) is 0.660. The first kappa shape index (κ1) is 21.2. The number of esters is 2. The lowest BCUT2D eigenvalue weighted by atomic mass is 10.3. The number of benzene rings is 2. The minimum Gasteiger partial charge on any atom is -0.422 e. The van der Waals surface area contributed by atoms with E-state index in [1.165, 1.54) is 24.3 Å². The summed E-state index contributed by atoms with van der Waals surface area (Å²) in [6.07, 6.45) is 1.65. The number of hydrogen-bond acceptors (Lipinski definition) is 4. The molecule has 0 saturated heterocycles. The van der Waals surface area contributed by atoms with Crippen LogP contribution >= 0.6 is 69.6 Å². The van der Waals surface area contributed by atoms with Crippen LogP contribution in [0, 0.1) is 0 Å². The Morgan fingerprint density at radius 2 is 1.00 bits per heavy atom. The topological polar surface area (TPSA) is 52.6 Å². The standard InChI is InChI=1S/C16H6Cl6O4/c17-7-3-9(19)15(21)11(5-7)25-13(23)1-2-14(24)26-12-6-8(18)4-10(20)16(12)22/h1-6H/b2-1+. The van der Waals surface area contributed by atoms with Gasteiger partial charge in [0.25, 0.3) is 0 Å². The highest BCUT2D eigenvalue weighted by atomic mass is 35.5. The quantitative estimate of drug-likeness (QED) is 0.215. The average Bonchev–Trinajstić information content (AvgIpc) is 2.55. The van der Waals surface area contributed by atoms with E-state index in [9.17, 15) is 9.59 Å². The summed E-state index contributed by atoms with van der Waals surface area (Å²) in [6.45, 7) is 0. The first-order chi connectivity index (χ1) is 12.2. The third-order valence-corrected chi connectivity index (χ3v) is 4.70. The summed E-state index contributed by atoms with van der Waals surface area (Å²) >= 11 is 35.1. The van der Waals surface area contributed by atoms with Gasteiger partial charge in [-0.25, -0.2) is 9.59 Å². The van der Waals surface area contributed by atoms with Gasteiger partial charge in [0.15, 0.2) is 11.5 Å². The Morgan fingerprint density at radius 1 is 0.654 bits per heavy atom. The molecule has 2 rings (SSSR count). The Bertz CT molecular complexity index is 837. The molecule has 0 aliphatic rings. The van der Waals surface area contributed by atoms with Gasteiger partial charge in [-0.05, 0) is 12.1 Å². The van der Waals surface area contributed by atoms with Crippen LogP contribution in [0.15, 0.2) is 36.4 Å². The molecule has 0 fully saturated rings. The summed E-state index contributed by atoms with van der Waals surface area (Å²) in [4.78, 5) is 23.6. The molecule has 2 aromatic rings. The van der Waals surface area contributed by atoms with E-state index >= 15 is 0 Å². The monoisotopic (exact) mass is 472 g/mol. The summed E-state index contributed by atoms with van der Waals surface area (Å²) in [5.41, 5.74) is 0. The molecule has 0 aliphatic heterocycles. The van der Waals surface area contributed by atoms with Gasteiger partial charge in [0.2, 0.25) is 0 Å². The molecule has 0 aromatic heterocycles. The summed E-state index contributed by atoms with van der Waals surface area (Å²) < 4.78 is 9.93. The van der Waals surface area contributed by atoms with Gasteiger partial charge < -0.3 is 9.47 Å². The summed E-state index contributed by atoms with van der Waals surface area (Å²) in [7, 11) is 0. The van der Waals surface area contributed by atoms with E-state index in [2.05, 4.69) is 0 Å². The fourth-order valence-electron chi connectivity index (χ4n) is 1.63. The molecule has 0 atom stereocenters. The van der Waals surface area contributed by atoms with Crippen LogP contribution in [0.25, 0.3) is 0 Å². The van der Waals surface area contributed by atoms with Crippen molar-refractivity contribution in [1.82, 2.24) is 0 Å². The first-order valence-electron chi connectivity index (χ1n) is 6.58. The van der Waals surface area contributed by atoms with Gasteiger partial charge in [-0.1, -0.05) is 69.6 Å². The number of carbonyl (C=O) groups excluding carboxylic acids is 2. The van der Waals surface area contributed by atoms with E-state index in [0.29, 0.717) is 0 Å². The van der Waals surface area contributed by atoms with E-state index in [4.69, 9.17) is 79.1 Å². The molecule has 0 heterocycles. The Labute approximate surface area is 178 Å². The van der Waals surface area contributed by atoms with Gasteiger partial charge in [-0.15, -0.1) is 0 Å². The maximum absolute atomic E-state index is 11.8. The van der Waals surface area contributed by atoms with Crippen molar-refractivity contribution in [3.05, 3.63) is 66.6 Å². The Hall–Kier alpha value is -1.14. The second kappa shape index (κ2) is 9.18. The lowest BCUT2D eigenvalue weighted by molar-refractivity contribution is -0.131. The molecule has 2 aromatic carbocycles. The van der Waals surface area contributed by atoms with Gasteiger partial charge in [-0.2, -0.15) is 0 Å². The maximum Gasteiger partial charge on any atom is 0.336 e. The number of carbonyl (C=O) groups is 2. The lowest BCUT2D eigenvalue weighted by Gasteiger charge is -2.07. The molecule has 4 nitrogen and oxygen atoms in total. The van der Waals surface area contributed by atoms with Crippen LogP contribution in [0.4, 0.5) is 0 Å². The smallest absolute Gasteiger partial charge is 0.336 e. The lowest BCUT2D eigenvalue weighted by Crippen LogP contribution is -2.09. The van der Waals surface area contributed by atoms with Crippen molar-refractivity contribution < 1.29 is 19.1 Å². The average molecular weight is 475 g/mol. The van der Waals surface area contributed by atoms with Crippen molar-refractivity contribution in [1.29, 1.82) is 0 Å². The van der Waals surface area contributed by atoms with Crippen LogP contribution in [0.1, 0.15) is 0 Å². The predicted molar refractivity (Wildman–Crippen MR) is 103 cm³/mol. The van der Waals surface area contributed by atoms with Crippen LogP contribution < -0.4 is 9.47 Å². The molecule has 136 valence electrons. The third-order valence-electron chi connectivity index (χ3n) is 2.70. The zero-order valence-electron chi connectivity index (χ0n) is 12.4. The van der Waals surface area contributed by atoms with E-state index < -0.39 is 11.9 Å². The van der Waals surface area contributed by atoms with Gasteiger partial charge in [0, 0.05) is 34.3 Å². The van der Waals surface area contributed by atoms with Crippen LogP contribution in [0.5, 0.6) is 11.5 Å². The molecule has 0 bridgehead atoms. The van der Waals surface area contributed by atoms with Crippen molar-refractivity contribution in [3.8, 4) is 11.5 Å². The van der Waals surface area contributed by atoms with Crippen molar-refractivity contribution in [2.45, 2.75) is 0 Å². The zero-order chi connectivity index (χ0) is 19.4. The van der Waals surface area contributed by atoms with E-state index in [0.717, 1.165) is 12.2 Å². The molecule has 0 unspecified atom stereocenters. The predicted octanol–water partition coefficient (Wildman–Crippen LogP) is 6.67. The second-order valence-corrected chi connectivity index (χ2v) is 7.02. The molecular weight excluding hydrogens is 469 g/mol. The highest BCUT2D eigenvalue weighted by Crippen LogP contribution is 2.36. The maximum atomic E-state index is 11.8. The highest BCUT2D eigenvalue weighted by molar-refractivity contribution is 6.45. The van der Waals surface area contributed by atoms with Gasteiger partial charge in [0.05, 0.1) is 10.0 Å². The molecular formula is C16H6Cl6O4. The van der Waals surface area contributed by atoms with E-state index in [1.807, 2.05) is 0 Å². The normalized spacial score (nSPS) is 10.8. The van der Waals surface area contributed by atoms with Crippen LogP contribution in [-0.4, -0.2) is 11.9 Å². The van der Waals surface area contributed by atoms with E-state index in [1.54, 1.807) is 0 Å². The Kier molecular flexibility index (Phi) is 7.47. The summed E-state index contributed by atoms with van der Waals surface area (Å²) in [6, 6.07) is 5.37. The van der Waals surface area contributed by atoms with Crippen molar-refractivity contribution in [2.75, 3.05) is 0 Å². The Morgan fingerprint density at radius 3 is 1.35 bits per heavy atom. The van der Waals surface area contributed by atoms with Crippen molar-refractivity contribution >= 4 is 81.5 Å². The minimum absolute atomic E-state index is 0.000689. The van der Waals surface area contributed by atoms with Crippen molar-refractivity contribution in [2.24, 2.45) is 0 Å². The summed E-state index contributed by atoms with van der Waals surface area (Å²) in [5.74, 6) is -1.93. The van der Waals surface area contributed by atoms with E-state index in [-0.39, 0.29) is 41.6 Å². The molecule has 0 aliphatic carbocycles. The van der Waals surface area contributed by atoms with Crippen LogP contribution in [-0.2, 0) is 9.59 Å². The number of halogens is 6. The number of rotatable bonds is 4.